The second-order valence-electron chi connectivity index (χ2n) is 4.34. The predicted molar refractivity (Wildman–Crippen MR) is 64.9 cm³/mol. The van der Waals surface area contributed by atoms with Crippen LogP contribution in [0.4, 0.5) is 0 Å². The average molecular weight is 201 g/mol. The molecule has 0 aliphatic heterocycles. The van der Waals surface area contributed by atoms with E-state index in [1.54, 1.807) is 0 Å². The molecule has 13 heavy (non-hydrogen) atoms. The molecule has 0 saturated heterocycles. The van der Waals surface area contributed by atoms with Crippen LogP contribution in [0, 0.1) is 0 Å². The summed E-state index contributed by atoms with van der Waals surface area (Å²) >= 11 is 0. The van der Waals surface area contributed by atoms with Crippen LogP contribution < -0.4 is 0 Å². The highest BCUT2D eigenvalue weighted by Gasteiger charge is 2.26. The lowest BCUT2D eigenvalue weighted by Crippen LogP contribution is -2.43. The van der Waals surface area contributed by atoms with Gasteiger partial charge < -0.3 is 4.57 Å². The Morgan fingerprint density at radius 2 is 1.46 bits per heavy atom. The highest BCUT2D eigenvalue weighted by Crippen LogP contribution is 2.25. The van der Waals surface area contributed by atoms with Crippen molar-refractivity contribution in [1.82, 2.24) is 4.57 Å². The van der Waals surface area contributed by atoms with Crippen LogP contribution in [0.5, 0.6) is 0 Å². The van der Waals surface area contributed by atoms with Crippen molar-refractivity contribution in [2.75, 3.05) is 13.1 Å². The standard InChI is InChI=1S/C11H27NSi/c1-7-11(6)13(10(4)5)12(8-2)9-3/h10-11,13H,7-9H2,1-6H3. The molecule has 0 aliphatic carbocycles. The van der Waals surface area contributed by atoms with Gasteiger partial charge in [0.25, 0.3) is 0 Å². The summed E-state index contributed by atoms with van der Waals surface area (Å²) in [4.78, 5) is 0. The summed E-state index contributed by atoms with van der Waals surface area (Å²) in [6, 6.07) is 0. The molecule has 0 aromatic heterocycles. The molecule has 2 heteroatoms. The van der Waals surface area contributed by atoms with E-state index in [1.165, 1.54) is 19.5 Å². The van der Waals surface area contributed by atoms with E-state index in [1.807, 2.05) is 0 Å². The molecular weight excluding hydrogens is 174 g/mol. The lowest BCUT2D eigenvalue weighted by atomic mass is 10.4. The smallest absolute Gasteiger partial charge is 0.117 e. The number of nitrogens with zero attached hydrogens (tertiary/aromatic N) is 1. The molecule has 0 heterocycles. The maximum atomic E-state index is 2.73. The monoisotopic (exact) mass is 201 g/mol. The summed E-state index contributed by atoms with van der Waals surface area (Å²) in [5, 5.41) is 0. The van der Waals surface area contributed by atoms with Crippen LogP contribution in [-0.2, 0) is 0 Å². The molecule has 2 atom stereocenters. The molecule has 0 aliphatic rings. The summed E-state index contributed by atoms with van der Waals surface area (Å²) in [6.07, 6.45) is 1.35. The van der Waals surface area contributed by atoms with Crippen LogP contribution in [0.2, 0.25) is 11.1 Å². The van der Waals surface area contributed by atoms with E-state index in [-0.39, 0.29) is 0 Å². The van der Waals surface area contributed by atoms with Gasteiger partial charge in [-0.25, -0.2) is 0 Å². The van der Waals surface area contributed by atoms with E-state index >= 15 is 0 Å². The summed E-state index contributed by atoms with van der Waals surface area (Å²) < 4.78 is 2.73. The third-order valence-corrected chi connectivity index (χ3v) is 7.72. The van der Waals surface area contributed by atoms with Crippen molar-refractivity contribution in [3.8, 4) is 0 Å². The lowest BCUT2D eigenvalue weighted by Gasteiger charge is -2.35. The Kier molecular flexibility index (Phi) is 6.69. The first-order valence-electron chi connectivity index (χ1n) is 5.82. The van der Waals surface area contributed by atoms with Gasteiger partial charge in [-0.1, -0.05) is 48.0 Å². The van der Waals surface area contributed by atoms with Crippen molar-refractivity contribution in [3.05, 3.63) is 0 Å². The minimum atomic E-state index is -0.683. The molecule has 0 fully saturated rings. The second-order valence-corrected chi connectivity index (χ2v) is 8.52. The van der Waals surface area contributed by atoms with E-state index in [2.05, 4.69) is 46.1 Å². The summed E-state index contributed by atoms with van der Waals surface area (Å²) in [5.74, 6) is 0. The van der Waals surface area contributed by atoms with E-state index < -0.39 is 8.96 Å². The Morgan fingerprint density at radius 1 is 1.00 bits per heavy atom. The fraction of sp³-hybridized carbons (Fsp3) is 1.00. The highest BCUT2D eigenvalue weighted by molar-refractivity contribution is 6.58. The molecule has 0 N–H and O–H groups in total. The van der Waals surface area contributed by atoms with Crippen LogP contribution in [0.1, 0.15) is 48.0 Å². The van der Waals surface area contributed by atoms with Crippen molar-refractivity contribution in [3.63, 3.8) is 0 Å². The predicted octanol–water partition coefficient (Wildman–Crippen LogP) is 3.26. The van der Waals surface area contributed by atoms with Gasteiger partial charge in [-0.15, -0.1) is 0 Å². The van der Waals surface area contributed by atoms with Crippen LogP contribution in [0.3, 0.4) is 0 Å². The van der Waals surface area contributed by atoms with Crippen LogP contribution in [-0.4, -0.2) is 26.6 Å². The van der Waals surface area contributed by atoms with Crippen LogP contribution >= 0.6 is 0 Å². The first-order chi connectivity index (χ1) is 6.08. The zero-order chi connectivity index (χ0) is 10.4. The van der Waals surface area contributed by atoms with Crippen molar-refractivity contribution >= 4 is 8.96 Å². The Balaban J connectivity index is 4.38. The average Bonchev–Trinajstić information content (AvgIpc) is 2.12. The quantitative estimate of drug-likeness (QED) is 0.596. The van der Waals surface area contributed by atoms with Gasteiger partial charge in [0.1, 0.15) is 8.96 Å². The number of hydrogen-bond acceptors (Lipinski definition) is 1. The Hall–Kier alpha value is 0.177. The van der Waals surface area contributed by atoms with Crippen molar-refractivity contribution in [1.29, 1.82) is 0 Å². The first-order valence-corrected chi connectivity index (χ1v) is 7.67. The van der Waals surface area contributed by atoms with Crippen molar-refractivity contribution < 1.29 is 0 Å². The third-order valence-electron chi connectivity index (χ3n) is 3.14. The molecule has 1 nitrogen and oxygen atoms in total. The minimum absolute atomic E-state index is 0.683. The molecule has 0 spiro atoms. The van der Waals surface area contributed by atoms with Gasteiger partial charge >= 0.3 is 0 Å². The molecule has 0 amide bonds. The highest BCUT2D eigenvalue weighted by atomic mass is 28.3. The molecular formula is C11H27NSi. The van der Waals surface area contributed by atoms with E-state index in [0.29, 0.717) is 0 Å². The fourth-order valence-electron chi connectivity index (χ4n) is 2.33. The fourth-order valence-corrected chi connectivity index (χ4v) is 6.53. The minimum Gasteiger partial charge on any atom is -0.326 e. The molecule has 0 bridgehead atoms. The van der Waals surface area contributed by atoms with Gasteiger partial charge in [0.15, 0.2) is 0 Å². The molecule has 0 aromatic rings. The van der Waals surface area contributed by atoms with E-state index in [9.17, 15) is 0 Å². The van der Waals surface area contributed by atoms with Gasteiger partial charge in [0.2, 0.25) is 0 Å². The number of hydrogen-bond donors (Lipinski definition) is 0. The topological polar surface area (TPSA) is 3.24 Å². The van der Waals surface area contributed by atoms with Gasteiger partial charge in [-0.05, 0) is 24.2 Å². The first kappa shape index (κ1) is 13.2. The van der Waals surface area contributed by atoms with Gasteiger partial charge in [-0.2, -0.15) is 0 Å². The Morgan fingerprint density at radius 3 is 1.69 bits per heavy atom. The van der Waals surface area contributed by atoms with E-state index in [0.717, 1.165) is 11.1 Å². The summed E-state index contributed by atoms with van der Waals surface area (Å²) in [6.45, 7) is 16.7. The summed E-state index contributed by atoms with van der Waals surface area (Å²) in [7, 11) is -0.683. The van der Waals surface area contributed by atoms with Gasteiger partial charge in [0, 0.05) is 0 Å². The molecule has 0 radical (unpaired) electrons. The summed E-state index contributed by atoms with van der Waals surface area (Å²) in [5.41, 5.74) is 1.87. The van der Waals surface area contributed by atoms with Crippen LogP contribution in [0.25, 0.3) is 0 Å². The third kappa shape index (κ3) is 3.82. The largest absolute Gasteiger partial charge is 0.326 e. The molecule has 80 valence electrons. The SMILES string of the molecule is CCC(C)[SiH](C(C)C)N(CC)CC. The van der Waals surface area contributed by atoms with Crippen molar-refractivity contribution in [2.45, 2.75) is 59.0 Å². The van der Waals surface area contributed by atoms with Gasteiger partial charge in [0.05, 0.1) is 0 Å². The maximum absolute atomic E-state index is 2.73. The Bertz CT molecular complexity index is 121. The van der Waals surface area contributed by atoms with Crippen molar-refractivity contribution in [2.24, 2.45) is 0 Å². The van der Waals surface area contributed by atoms with E-state index in [4.69, 9.17) is 0 Å². The van der Waals surface area contributed by atoms with Crippen LogP contribution in [0.15, 0.2) is 0 Å². The molecule has 0 rings (SSSR count). The lowest BCUT2D eigenvalue weighted by molar-refractivity contribution is 0.457. The van der Waals surface area contributed by atoms with Gasteiger partial charge in [-0.3, -0.25) is 0 Å². The normalized spacial score (nSPS) is 16.6. The maximum Gasteiger partial charge on any atom is 0.117 e. The number of rotatable bonds is 6. The zero-order valence-electron chi connectivity index (χ0n) is 10.3. The zero-order valence-corrected chi connectivity index (χ0v) is 11.5. The molecule has 0 aromatic carbocycles. The second kappa shape index (κ2) is 6.60. The molecule has 0 saturated carbocycles. The Labute approximate surface area is 86.2 Å². The molecule has 2 unspecified atom stereocenters.